The Morgan fingerprint density at radius 3 is 2.44 bits per heavy atom. The molecule has 0 saturated heterocycles. The molecule has 92 valence electrons. The predicted molar refractivity (Wildman–Crippen MR) is 67.0 cm³/mol. The Bertz CT molecular complexity index is 644. The van der Waals surface area contributed by atoms with Gasteiger partial charge in [-0.3, -0.25) is 0 Å². The van der Waals surface area contributed by atoms with Crippen molar-refractivity contribution in [1.29, 1.82) is 0 Å². The minimum absolute atomic E-state index is 0.00236. The first-order chi connectivity index (χ1) is 8.56. The van der Waals surface area contributed by atoms with Gasteiger partial charge in [-0.05, 0) is 23.3 Å². The van der Waals surface area contributed by atoms with E-state index in [2.05, 4.69) is 4.74 Å². The number of carbonyl (C=O) groups is 2. The fraction of sp³-hybridized carbons (Fsp3) is 0.143. The van der Waals surface area contributed by atoms with Crippen molar-refractivity contribution in [2.75, 3.05) is 7.11 Å². The number of methoxy groups -OCH3 is 1. The van der Waals surface area contributed by atoms with E-state index in [0.29, 0.717) is 10.9 Å². The van der Waals surface area contributed by atoms with Gasteiger partial charge in [0.1, 0.15) is 0 Å². The standard InChI is InChI=1S/C14H12O4/c1-8-7-9-5-3-4-6-10(9)12(13(15)16)11(8)14(17)18-2/h3-7H,1-2H3,(H,15,16). The number of carboxylic acids is 1. The lowest BCUT2D eigenvalue weighted by atomic mass is 9.94. The van der Waals surface area contributed by atoms with Gasteiger partial charge in [-0.25, -0.2) is 9.59 Å². The highest BCUT2D eigenvalue weighted by atomic mass is 16.5. The normalized spacial score (nSPS) is 10.3. The molecule has 4 nitrogen and oxygen atoms in total. The van der Waals surface area contributed by atoms with Gasteiger partial charge in [0.2, 0.25) is 0 Å². The van der Waals surface area contributed by atoms with Crippen LogP contribution in [0.25, 0.3) is 10.8 Å². The molecule has 0 spiro atoms. The summed E-state index contributed by atoms with van der Waals surface area (Å²) in [6, 6.07) is 8.85. The minimum Gasteiger partial charge on any atom is -0.478 e. The second-order valence-electron chi connectivity index (χ2n) is 3.96. The van der Waals surface area contributed by atoms with Crippen LogP contribution >= 0.6 is 0 Å². The maximum absolute atomic E-state index is 11.7. The summed E-state index contributed by atoms with van der Waals surface area (Å²) in [5.74, 6) is -1.76. The first-order valence-corrected chi connectivity index (χ1v) is 5.40. The van der Waals surface area contributed by atoms with E-state index in [-0.39, 0.29) is 11.1 Å². The van der Waals surface area contributed by atoms with Crippen LogP contribution in [0, 0.1) is 6.92 Å². The van der Waals surface area contributed by atoms with Crippen LogP contribution in [-0.2, 0) is 4.74 Å². The summed E-state index contributed by atoms with van der Waals surface area (Å²) in [5.41, 5.74) is 0.708. The van der Waals surface area contributed by atoms with Crippen molar-refractivity contribution in [3.8, 4) is 0 Å². The Morgan fingerprint density at radius 1 is 1.17 bits per heavy atom. The number of aryl methyl sites for hydroxylation is 1. The molecule has 0 radical (unpaired) electrons. The zero-order valence-corrected chi connectivity index (χ0v) is 10.1. The van der Waals surface area contributed by atoms with Crippen LogP contribution < -0.4 is 0 Å². The third-order valence-electron chi connectivity index (χ3n) is 2.85. The van der Waals surface area contributed by atoms with Crippen molar-refractivity contribution in [2.45, 2.75) is 6.92 Å². The van der Waals surface area contributed by atoms with E-state index in [9.17, 15) is 14.7 Å². The van der Waals surface area contributed by atoms with Crippen LogP contribution in [0.15, 0.2) is 30.3 Å². The maximum Gasteiger partial charge on any atom is 0.339 e. The van der Waals surface area contributed by atoms with Gasteiger partial charge in [0.05, 0.1) is 18.2 Å². The highest BCUT2D eigenvalue weighted by Gasteiger charge is 2.22. The summed E-state index contributed by atoms with van der Waals surface area (Å²) >= 11 is 0. The summed E-state index contributed by atoms with van der Waals surface area (Å²) in [5, 5.41) is 10.7. The molecule has 2 aromatic carbocycles. The third kappa shape index (κ3) is 1.82. The number of rotatable bonds is 2. The number of benzene rings is 2. The van der Waals surface area contributed by atoms with E-state index in [1.54, 1.807) is 25.1 Å². The van der Waals surface area contributed by atoms with Gasteiger partial charge >= 0.3 is 11.9 Å². The first kappa shape index (κ1) is 12.1. The predicted octanol–water partition coefficient (Wildman–Crippen LogP) is 2.63. The Hall–Kier alpha value is -2.36. The van der Waals surface area contributed by atoms with Gasteiger partial charge in [-0.1, -0.05) is 30.3 Å². The molecule has 1 N–H and O–H groups in total. The van der Waals surface area contributed by atoms with Crippen LogP contribution in [-0.4, -0.2) is 24.2 Å². The molecule has 0 saturated carbocycles. The summed E-state index contributed by atoms with van der Waals surface area (Å²) in [6.45, 7) is 1.70. The van der Waals surface area contributed by atoms with Crippen molar-refractivity contribution >= 4 is 22.7 Å². The number of ether oxygens (including phenoxy) is 1. The molecule has 2 aromatic rings. The molecule has 2 rings (SSSR count). The van der Waals surface area contributed by atoms with Gasteiger partial charge < -0.3 is 9.84 Å². The number of carboxylic acid groups (broad SMARTS) is 1. The largest absolute Gasteiger partial charge is 0.478 e. The van der Waals surface area contributed by atoms with Crippen molar-refractivity contribution in [1.82, 2.24) is 0 Å². The second kappa shape index (κ2) is 4.49. The van der Waals surface area contributed by atoms with E-state index in [4.69, 9.17) is 0 Å². The first-order valence-electron chi connectivity index (χ1n) is 5.40. The Kier molecular flexibility index (Phi) is 3.02. The molecule has 0 heterocycles. The van der Waals surface area contributed by atoms with E-state index >= 15 is 0 Å². The number of esters is 1. The molecule has 0 amide bonds. The van der Waals surface area contributed by atoms with Gasteiger partial charge in [0.25, 0.3) is 0 Å². The number of aromatic carboxylic acids is 1. The van der Waals surface area contributed by atoms with Crippen LogP contribution in [0.1, 0.15) is 26.3 Å². The summed E-state index contributed by atoms with van der Waals surface area (Å²) in [4.78, 5) is 23.1. The molecule has 0 bridgehead atoms. The van der Waals surface area contributed by atoms with Crippen molar-refractivity contribution in [3.05, 3.63) is 47.0 Å². The SMILES string of the molecule is COC(=O)c1c(C)cc2ccccc2c1C(=O)O. The van der Waals surface area contributed by atoms with E-state index in [1.807, 2.05) is 12.1 Å². The summed E-state index contributed by atoms with van der Waals surface area (Å²) in [6.07, 6.45) is 0. The molecule has 0 aromatic heterocycles. The van der Waals surface area contributed by atoms with Crippen LogP contribution in [0.5, 0.6) is 0 Å². The lowest BCUT2D eigenvalue weighted by Gasteiger charge is -2.11. The molecule has 0 aliphatic rings. The fourth-order valence-electron chi connectivity index (χ4n) is 2.08. The van der Waals surface area contributed by atoms with Crippen LogP contribution in [0.2, 0.25) is 0 Å². The van der Waals surface area contributed by atoms with E-state index in [1.165, 1.54) is 7.11 Å². The molecular formula is C14H12O4. The highest BCUT2D eigenvalue weighted by molar-refractivity contribution is 6.13. The van der Waals surface area contributed by atoms with Crippen LogP contribution in [0.4, 0.5) is 0 Å². The monoisotopic (exact) mass is 244 g/mol. The molecule has 0 aliphatic carbocycles. The summed E-state index contributed by atoms with van der Waals surface area (Å²) in [7, 11) is 1.24. The lowest BCUT2D eigenvalue weighted by Crippen LogP contribution is -2.12. The third-order valence-corrected chi connectivity index (χ3v) is 2.85. The topological polar surface area (TPSA) is 63.6 Å². The fourth-order valence-corrected chi connectivity index (χ4v) is 2.08. The average Bonchev–Trinajstić information content (AvgIpc) is 2.35. The van der Waals surface area contributed by atoms with Gasteiger partial charge in [0, 0.05) is 0 Å². The average molecular weight is 244 g/mol. The quantitative estimate of drug-likeness (QED) is 0.825. The molecular weight excluding hydrogens is 232 g/mol. The molecule has 4 heteroatoms. The van der Waals surface area contributed by atoms with Crippen LogP contribution in [0.3, 0.4) is 0 Å². The molecule has 0 aliphatic heterocycles. The summed E-state index contributed by atoms with van der Waals surface area (Å²) < 4.78 is 4.65. The van der Waals surface area contributed by atoms with Crippen molar-refractivity contribution < 1.29 is 19.4 Å². The number of fused-ring (bicyclic) bond motifs is 1. The molecule has 18 heavy (non-hydrogen) atoms. The highest BCUT2D eigenvalue weighted by Crippen LogP contribution is 2.26. The molecule has 0 fully saturated rings. The number of hydrogen-bond acceptors (Lipinski definition) is 3. The molecule has 0 unspecified atom stereocenters. The van der Waals surface area contributed by atoms with E-state index in [0.717, 1.165) is 5.39 Å². The maximum atomic E-state index is 11.7. The Labute approximate surface area is 104 Å². The van der Waals surface area contributed by atoms with Crippen molar-refractivity contribution in [3.63, 3.8) is 0 Å². The van der Waals surface area contributed by atoms with E-state index < -0.39 is 11.9 Å². The molecule has 0 atom stereocenters. The van der Waals surface area contributed by atoms with Crippen molar-refractivity contribution in [2.24, 2.45) is 0 Å². The number of carbonyl (C=O) groups excluding carboxylic acids is 1. The smallest absolute Gasteiger partial charge is 0.339 e. The Morgan fingerprint density at radius 2 is 1.83 bits per heavy atom. The van der Waals surface area contributed by atoms with Gasteiger partial charge in [0.15, 0.2) is 0 Å². The Balaban J connectivity index is 2.92. The zero-order chi connectivity index (χ0) is 13.3. The van der Waals surface area contributed by atoms with Gasteiger partial charge in [-0.2, -0.15) is 0 Å². The minimum atomic E-state index is -1.13. The zero-order valence-electron chi connectivity index (χ0n) is 10.1. The number of hydrogen-bond donors (Lipinski definition) is 1. The van der Waals surface area contributed by atoms with Gasteiger partial charge in [-0.15, -0.1) is 0 Å². The lowest BCUT2D eigenvalue weighted by molar-refractivity contribution is 0.0582. The second-order valence-corrected chi connectivity index (χ2v) is 3.96.